The van der Waals surface area contributed by atoms with E-state index < -0.39 is 86.8 Å². The topological polar surface area (TPSA) is 228 Å². The first kappa shape index (κ1) is 69.3. The van der Waals surface area contributed by atoms with Crippen LogP contribution in [0.15, 0.2) is 36.5 Å². The maximum Gasteiger partial charge on any atom is 0.220 e. The Morgan fingerprint density at radius 2 is 0.853 bits per heavy atom. The van der Waals surface area contributed by atoms with Crippen LogP contribution in [0.2, 0.25) is 0 Å². The van der Waals surface area contributed by atoms with Crippen molar-refractivity contribution < 1.29 is 64.6 Å². The van der Waals surface area contributed by atoms with Crippen LogP contribution >= 0.6 is 0 Å². The van der Waals surface area contributed by atoms with Crippen molar-refractivity contribution in [3.8, 4) is 0 Å². The number of unbranched alkanes of at least 4 members (excludes halogenated alkanes) is 32. The Morgan fingerprint density at radius 3 is 1.31 bits per heavy atom. The van der Waals surface area contributed by atoms with E-state index in [1.54, 1.807) is 6.08 Å². The molecule has 1 amide bonds. The van der Waals surface area contributed by atoms with Gasteiger partial charge in [-0.05, 0) is 44.9 Å². The van der Waals surface area contributed by atoms with Crippen LogP contribution < -0.4 is 5.32 Å². The average Bonchev–Trinajstić information content (AvgIpc) is 3.41. The van der Waals surface area contributed by atoms with Crippen LogP contribution in [0.4, 0.5) is 0 Å². The second-order valence-corrected chi connectivity index (χ2v) is 21.8. The van der Waals surface area contributed by atoms with Gasteiger partial charge in [-0.3, -0.25) is 4.79 Å². The normalized spacial score (nSPS) is 25.3. The van der Waals surface area contributed by atoms with Gasteiger partial charge in [0.05, 0.1) is 32.0 Å². The lowest BCUT2D eigenvalue weighted by atomic mass is 9.97. The lowest BCUT2D eigenvalue weighted by Gasteiger charge is -2.46. The molecule has 2 aliphatic heterocycles. The zero-order chi connectivity index (χ0) is 54.6. The third-order valence-corrected chi connectivity index (χ3v) is 15.1. The first-order valence-corrected chi connectivity index (χ1v) is 30.7. The molecule has 2 heterocycles. The Kier molecular flexibility index (Phi) is 43.5. The van der Waals surface area contributed by atoms with Gasteiger partial charge in [-0.15, -0.1) is 0 Å². The summed E-state index contributed by atoms with van der Waals surface area (Å²) >= 11 is 0. The van der Waals surface area contributed by atoms with E-state index in [9.17, 15) is 45.6 Å². The highest BCUT2D eigenvalue weighted by atomic mass is 16.7. The standard InChI is InChI=1S/C61H113NO13/c1-3-5-7-9-11-13-15-17-19-21-23-25-27-29-31-33-35-37-39-41-43-45-53(66)62-49(50(65)44-42-40-38-36-34-32-30-28-26-24-22-20-18-16-14-12-10-8-6-4-2)48-72-60-58(71)56(69)59(52(47-64)74-60)75-61-57(70)55(68)54(67)51(46-63)73-61/h26,28,34,36,42,44,49-52,54-61,63-65,67-71H,3-25,27,29-33,35,37-41,43,45-48H2,1-2H3,(H,62,66)/b28-26+,36-34+,44-42+. The van der Waals surface area contributed by atoms with E-state index in [0.29, 0.717) is 12.8 Å². The monoisotopic (exact) mass is 1070 g/mol. The molecule has 9 N–H and O–H groups in total. The molecule has 12 atom stereocenters. The maximum atomic E-state index is 13.3. The van der Waals surface area contributed by atoms with Crippen molar-refractivity contribution in [2.45, 2.75) is 325 Å². The third kappa shape index (κ3) is 32.8. The second-order valence-electron chi connectivity index (χ2n) is 21.8. The summed E-state index contributed by atoms with van der Waals surface area (Å²) in [7, 11) is 0. The molecule has 75 heavy (non-hydrogen) atoms. The molecule has 2 rings (SSSR count). The number of hydrogen-bond acceptors (Lipinski definition) is 13. The summed E-state index contributed by atoms with van der Waals surface area (Å²) in [4.78, 5) is 13.3. The zero-order valence-corrected chi connectivity index (χ0v) is 47.3. The fraction of sp³-hybridized carbons (Fsp3) is 0.885. The van der Waals surface area contributed by atoms with Crippen molar-refractivity contribution in [1.82, 2.24) is 5.32 Å². The van der Waals surface area contributed by atoms with Gasteiger partial charge in [0.25, 0.3) is 0 Å². The largest absolute Gasteiger partial charge is 0.394 e. The Hall–Kier alpha value is -1.79. The van der Waals surface area contributed by atoms with Gasteiger partial charge in [0.15, 0.2) is 12.6 Å². The van der Waals surface area contributed by atoms with Crippen LogP contribution in [0.5, 0.6) is 0 Å². The van der Waals surface area contributed by atoms with Crippen LogP contribution in [-0.2, 0) is 23.7 Å². The number of amides is 1. The van der Waals surface area contributed by atoms with Crippen molar-refractivity contribution in [3.05, 3.63) is 36.5 Å². The van der Waals surface area contributed by atoms with E-state index in [2.05, 4.69) is 43.5 Å². The zero-order valence-electron chi connectivity index (χ0n) is 47.3. The van der Waals surface area contributed by atoms with E-state index in [1.165, 1.54) is 173 Å². The molecular formula is C61H113NO13. The highest BCUT2D eigenvalue weighted by Gasteiger charge is 2.51. The van der Waals surface area contributed by atoms with Crippen LogP contribution in [0.3, 0.4) is 0 Å². The predicted molar refractivity (Wildman–Crippen MR) is 300 cm³/mol. The molecule has 2 saturated heterocycles. The minimum absolute atomic E-state index is 0.249. The second kappa shape index (κ2) is 47.1. The number of nitrogens with one attached hydrogen (secondary N) is 1. The van der Waals surface area contributed by atoms with Gasteiger partial charge in [-0.2, -0.15) is 0 Å². The lowest BCUT2D eigenvalue weighted by molar-refractivity contribution is -0.359. The number of rotatable bonds is 49. The van der Waals surface area contributed by atoms with Crippen molar-refractivity contribution in [1.29, 1.82) is 0 Å². The van der Waals surface area contributed by atoms with Crippen LogP contribution in [0.1, 0.15) is 251 Å². The first-order chi connectivity index (χ1) is 36.6. The van der Waals surface area contributed by atoms with Crippen molar-refractivity contribution in [2.75, 3.05) is 19.8 Å². The van der Waals surface area contributed by atoms with Gasteiger partial charge in [0.2, 0.25) is 5.91 Å². The molecule has 0 radical (unpaired) electrons. The molecule has 0 aliphatic carbocycles. The quantitative estimate of drug-likeness (QED) is 0.0204. The van der Waals surface area contributed by atoms with Crippen LogP contribution in [-0.4, -0.2) is 140 Å². The smallest absolute Gasteiger partial charge is 0.220 e. The van der Waals surface area contributed by atoms with E-state index >= 15 is 0 Å². The summed E-state index contributed by atoms with van der Waals surface area (Å²) in [5.74, 6) is -0.249. The number of aliphatic hydroxyl groups excluding tert-OH is 8. The van der Waals surface area contributed by atoms with Gasteiger partial charge >= 0.3 is 0 Å². The van der Waals surface area contributed by atoms with E-state index in [1.807, 2.05) is 6.08 Å². The fourth-order valence-electron chi connectivity index (χ4n) is 10.1. The predicted octanol–water partition coefficient (Wildman–Crippen LogP) is 10.6. The number of aliphatic hydroxyl groups is 8. The molecule has 0 aromatic carbocycles. The highest BCUT2D eigenvalue weighted by Crippen LogP contribution is 2.30. The Balaban J connectivity index is 1.78. The SMILES string of the molecule is CCCCCCCCCCCC/C=C/CC/C=C/CC/C=C/C(O)C(COC1OC(CO)C(OC2OC(CO)C(O)C(O)C2O)C(O)C1O)NC(=O)CCCCCCCCCCCCCCCCCCCCCCC. The number of allylic oxidation sites excluding steroid dienone is 5. The Labute approximate surface area is 455 Å². The minimum Gasteiger partial charge on any atom is -0.394 e. The molecule has 14 nitrogen and oxygen atoms in total. The molecule has 0 bridgehead atoms. The average molecular weight is 1070 g/mol. The summed E-state index contributed by atoms with van der Waals surface area (Å²) in [6.45, 7) is 2.80. The highest BCUT2D eigenvalue weighted by molar-refractivity contribution is 5.76. The van der Waals surface area contributed by atoms with Gasteiger partial charge in [-0.25, -0.2) is 0 Å². The number of ether oxygens (including phenoxy) is 4. The van der Waals surface area contributed by atoms with Crippen LogP contribution in [0, 0.1) is 0 Å². The minimum atomic E-state index is -1.79. The van der Waals surface area contributed by atoms with Crippen molar-refractivity contribution in [3.63, 3.8) is 0 Å². The van der Waals surface area contributed by atoms with Crippen molar-refractivity contribution >= 4 is 5.91 Å². The number of hydrogen-bond donors (Lipinski definition) is 9. The first-order valence-electron chi connectivity index (χ1n) is 30.7. The summed E-state index contributed by atoms with van der Waals surface area (Å²) in [6, 6.07) is -0.935. The summed E-state index contributed by atoms with van der Waals surface area (Å²) in [5, 5.41) is 87.1. The number of carbonyl (C=O) groups excluding carboxylic acids is 1. The van der Waals surface area contributed by atoms with Crippen LogP contribution in [0.25, 0.3) is 0 Å². The van der Waals surface area contributed by atoms with Gasteiger partial charge < -0.3 is 65.1 Å². The number of carbonyl (C=O) groups is 1. The van der Waals surface area contributed by atoms with E-state index in [-0.39, 0.29) is 18.9 Å². The van der Waals surface area contributed by atoms with Crippen molar-refractivity contribution in [2.24, 2.45) is 0 Å². The molecule has 2 aliphatic rings. The van der Waals surface area contributed by atoms with E-state index in [0.717, 1.165) is 44.9 Å². The molecular weight excluding hydrogens is 955 g/mol. The molecule has 0 aromatic heterocycles. The molecule has 0 spiro atoms. The molecule has 0 saturated carbocycles. The Bertz CT molecular complexity index is 1400. The molecule has 0 aromatic rings. The van der Waals surface area contributed by atoms with Gasteiger partial charge in [-0.1, -0.05) is 237 Å². The maximum absolute atomic E-state index is 13.3. The third-order valence-electron chi connectivity index (χ3n) is 15.1. The summed E-state index contributed by atoms with van der Waals surface area (Å²) in [5.41, 5.74) is 0. The summed E-state index contributed by atoms with van der Waals surface area (Å²) < 4.78 is 22.8. The summed E-state index contributed by atoms with van der Waals surface area (Å²) in [6.07, 6.45) is 40.4. The Morgan fingerprint density at radius 1 is 0.467 bits per heavy atom. The fourth-order valence-corrected chi connectivity index (χ4v) is 10.1. The molecule has 2 fully saturated rings. The lowest BCUT2D eigenvalue weighted by Crippen LogP contribution is -2.65. The van der Waals surface area contributed by atoms with E-state index in [4.69, 9.17) is 18.9 Å². The molecule has 14 heteroatoms. The molecule has 12 unspecified atom stereocenters. The van der Waals surface area contributed by atoms with Gasteiger partial charge in [0.1, 0.15) is 48.8 Å². The van der Waals surface area contributed by atoms with Gasteiger partial charge in [0, 0.05) is 6.42 Å². The molecule has 440 valence electrons.